The minimum Gasteiger partial charge on any atom is -0.462 e. The van der Waals surface area contributed by atoms with E-state index in [9.17, 15) is 20.1 Å². The third kappa shape index (κ3) is 3.86. The number of aryl methyl sites for hydroxylation is 1. The first-order valence-electron chi connectivity index (χ1n) is 12.5. The number of benzene rings is 2. The highest BCUT2D eigenvalue weighted by molar-refractivity contribution is 6.14. The standard InChI is InChI=1S/C27H29N3O8/c1-12-6-15-14(7-19(12)38-27-25(33)24(32)23(31)13(2)37-27)17-10-29-18-9-21-20(35-11-36-21)8-16(18)22(17)30(26(15)34)5-4-28-3/h6-10,13,23-25,27-28,31-33H,4-5,11H2,1-3H3/t13-,23+,24+,25-,27-/m0/s1. The van der Waals surface area contributed by atoms with Crippen molar-refractivity contribution >= 4 is 32.6 Å². The van der Waals surface area contributed by atoms with Gasteiger partial charge in [0.05, 0.1) is 17.1 Å². The summed E-state index contributed by atoms with van der Waals surface area (Å²) in [5.74, 6) is 1.57. The molecule has 0 spiro atoms. The number of hydrogen-bond acceptors (Lipinski definition) is 10. The van der Waals surface area contributed by atoms with Gasteiger partial charge >= 0.3 is 0 Å². The van der Waals surface area contributed by atoms with Gasteiger partial charge in [0.2, 0.25) is 13.1 Å². The Kier molecular flexibility index (Phi) is 6.12. The van der Waals surface area contributed by atoms with Crippen LogP contribution in [0.4, 0.5) is 0 Å². The fourth-order valence-corrected chi connectivity index (χ4v) is 5.19. The van der Waals surface area contributed by atoms with Gasteiger partial charge in [-0.2, -0.15) is 0 Å². The van der Waals surface area contributed by atoms with Crippen LogP contribution in [0.15, 0.2) is 35.3 Å². The molecular formula is C27H29N3O8. The molecule has 4 N–H and O–H groups in total. The number of rotatable bonds is 5. The first-order chi connectivity index (χ1) is 18.3. The minimum absolute atomic E-state index is 0.123. The van der Waals surface area contributed by atoms with Crippen LogP contribution in [0.3, 0.4) is 0 Å². The number of aromatic nitrogens is 2. The average molecular weight is 524 g/mol. The zero-order chi connectivity index (χ0) is 26.7. The van der Waals surface area contributed by atoms with Crippen molar-refractivity contribution in [2.45, 2.75) is 51.1 Å². The summed E-state index contributed by atoms with van der Waals surface area (Å²) in [6.07, 6.45) is -4.35. The van der Waals surface area contributed by atoms with Crippen LogP contribution in [0.2, 0.25) is 0 Å². The molecule has 0 amide bonds. The SMILES string of the molecule is CNCCn1c(=O)c2cc(C)c(O[C@@H]3O[C@@H](C)[C@@H](O)[C@@H](O)[C@@H]3O)cc2c2cnc3cc4c(cc3c21)OCO4. The molecule has 1 saturated heterocycles. The number of fused-ring (bicyclic) bond motifs is 6. The van der Waals surface area contributed by atoms with E-state index in [2.05, 4.69) is 10.3 Å². The smallest absolute Gasteiger partial charge is 0.259 e. The van der Waals surface area contributed by atoms with Crippen LogP contribution < -0.4 is 25.1 Å². The number of nitrogens with one attached hydrogen (secondary N) is 1. The number of ether oxygens (including phenoxy) is 4. The Balaban J connectivity index is 1.56. The second kappa shape index (κ2) is 9.37. The zero-order valence-corrected chi connectivity index (χ0v) is 21.2. The Labute approximate surface area is 217 Å². The van der Waals surface area contributed by atoms with Gasteiger partial charge in [-0.15, -0.1) is 0 Å². The number of aliphatic hydroxyl groups is 3. The van der Waals surface area contributed by atoms with Crippen molar-refractivity contribution in [3.8, 4) is 17.2 Å². The topological polar surface area (TPSA) is 145 Å². The predicted octanol–water partition coefficient (Wildman–Crippen LogP) is 1.17. The van der Waals surface area contributed by atoms with Crippen molar-refractivity contribution in [3.05, 3.63) is 46.4 Å². The molecule has 0 saturated carbocycles. The zero-order valence-electron chi connectivity index (χ0n) is 21.2. The van der Waals surface area contributed by atoms with Crippen molar-refractivity contribution in [1.82, 2.24) is 14.9 Å². The van der Waals surface area contributed by atoms with Crippen molar-refractivity contribution in [2.75, 3.05) is 20.4 Å². The van der Waals surface area contributed by atoms with Crippen LogP contribution in [-0.4, -0.2) is 76.0 Å². The van der Waals surface area contributed by atoms with E-state index in [4.69, 9.17) is 18.9 Å². The molecule has 11 nitrogen and oxygen atoms in total. The molecule has 2 aromatic heterocycles. The lowest BCUT2D eigenvalue weighted by Gasteiger charge is -2.39. The molecule has 2 aliphatic heterocycles. The molecule has 4 heterocycles. The fourth-order valence-electron chi connectivity index (χ4n) is 5.19. The molecule has 0 aliphatic carbocycles. The second-order valence-corrected chi connectivity index (χ2v) is 9.77. The van der Waals surface area contributed by atoms with E-state index in [-0.39, 0.29) is 12.4 Å². The van der Waals surface area contributed by atoms with E-state index < -0.39 is 30.7 Å². The van der Waals surface area contributed by atoms with Gasteiger partial charge in [0.25, 0.3) is 5.56 Å². The molecule has 0 unspecified atom stereocenters. The van der Waals surface area contributed by atoms with Gasteiger partial charge in [-0.05, 0) is 44.7 Å². The summed E-state index contributed by atoms with van der Waals surface area (Å²) in [5.41, 5.74) is 1.86. The molecule has 38 heavy (non-hydrogen) atoms. The van der Waals surface area contributed by atoms with Crippen LogP contribution >= 0.6 is 0 Å². The fraction of sp³-hybridized carbons (Fsp3) is 0.407. The van der Waals surface area contributed by atoms with E-state index in [1.165, 1.54) is 0 Å². The second-order valence-electron chi connectivity index (χ2n) is 9.77. The maximum atomic E-state index is 13.8. The number of hydrogen-bond donors (Lipinski definition) is 4. The summed E-state index contributed by atoms with van der Waals surface area (Å²) in [5, 5.41) is 36.4. The van der Waals surface area contributed by atoms with Gasteiger partial charge in [-0.1, -0.05) is 0 Å². The third-order valence-electron chi connectivity index (χ3n) is 7.32. The van der Waals surface area contributed by atoms with Gasteiger partial charge in [0.1, 0.15) is 24.1 Å². The highest BCUT2D eigenvalue weighted by Crippen LogP contribution is 2.39. The van der Waals surface area contributed by atoms with Crippen molar-refractivity contribution in [1.29, 1.82) is 0 Å². The molecule has 2 aliphatic rings. The maximum Gasteiger partial charge on any atom is 0.259 e. The van der Waals surface area contributed by atoms with Crippen LogP contribution in [0.5, 0.6) is 17.2 Å². The van der Waals surface area contributed by atoms with Crippen LogP contribution in [-0.2, 0) is 11.3 Å². The maximum absolute atomic E-state index is 13.8. The van der Waals surface area contributed by atoms with E-state index in [1.807, 2.05) is 13.1 Å². The molecule has 200 valence electrons. The van der Waals surface area contributed by atoms with E-state index in [0.29, 0.717) is 57.7 Å². The number of pyridine rings is 2. The summed E-state index contributed by atoms with van der Waals surface area (Å²) in [4.78, 5) is 18.5. The molecule has 6 rings (SSSR count). The molecular weight excluding hydrogens is 494 g/mol. The van der Waals surface area contributed by atoms with E-state index in [1.54, 1.807) is 42.8 Å². The van der Waals surface area contributed by atoms with Gasteiger partial charge in [0, 0.05) is 46.9 Å². The van der Waals surface area contributed by atoms with Crippen molar-refractivity contribution in [3.63, 3.8) is 0 Å². The normalized spacial score (nSPS) is 24.9. The Morgan fingerprint density at radius 1 is 1.03 bits per heavy atom. The molecule has 2 aromatic carbocycles. The monoisotopic (exact) mass is 523 g/mol. The Morgan fingerprint density at radius 3 is 2.55 bits per heavy atom. The summed E-state index contributed by atoms with van der Waals surface area (Å²) < 4.78 is 24.5. The lowest BCUT2D eigenvalue weighted by atomic mass is 9.99. The molecule has 5 atom stereocenters. The number of nitrogens with zero attached hydrogens (tertiary/aromatic N) is 2. The first-order valence-corrected chi connectivity index (χ1v) is 12.5. The molecule has 4 aromatic rings. The molecule has 0 radical (unpaired) electrons. The van der Waals surface area contributed by atoms with Crippen LogP contribution in [0, 0.1) is 6.92 Å². The lowest BCUT2D eigenvalue weighted by molar-refractivity contribution is -0.268. The van der Waals surface area contributed by atoms with Crippen LogP contribution in [0.1, 0.15) is 12.5 Å². The number of likely N-dealkylation sites (N-methyl/N-ethyl adjacent to an activating group) is 1. The largest absolute Gasteiger partial charge is 0.462 e. The molecule has 1 fully saturated rings. The summed E-state index contributed by atoms with van der Waals surface area (Å²) in [6.45, 7) is 4.52. The van der Waals surface area contributed by atoms with Crippen LogP contribution in [0.25, 0.3) is 32.6 Å². The molecule has 0 bridgehead atoms. The Morgan fingerprint density at radius 2 is 1.79 bits per heavy atom. The van der Waals surface area contributed by atoms with Gasteiger partial charge < -0.3 is 44.2 Å². The van der Waals surface area contributed by atoms with Gasteiger partial charge in [-0.25, -0.2) is 0 Å². The van der Waals surface area contributed by atoms with Gasteiger partial charge in [-0.3, -0.25) is 9.78 Å². The quantitative estimate of drug-likeness (QED) is 0.281. The average Bonchev–Trinajstić information content (AvgIpc) is 3.37. The third-order valence-corrected chi connectivity index (χ3v) is 7.32. The highest BCUT2D eigenvalue weighted by Gasteiger charge is 2.43. The number of aliphatic hydroxyl groups excluding tert-OH is 3. The van der Waals surface area contributed by atoms with Gasteiger partial charge in [0.15, 0.2) is 11.5 Å². The minimum atomic E-state index is -1.46. The van der Waals surface area contributed by atoms with E-state index >= 15 is 0 Å². The predicted molar refractivity (Wildman–Crippen MR) is 139 cm³/mol. The summed E-state index contributed by atoms with van der Waals surface area (Å²) in [6, 6.07) is 7.13. The summed E-state index contributed by atoms with van der Waals surface area (Å²) in [7, 11) is 1.83. The van der Waals surface area contributed by atoms with E-state index in [0.717, 1.165) is 10.8 Å². The Bertz CT molecular complexity index is 1620. The van der Waals surface area contributed by atoms with Crippen molar-refractivity contribution in [2.24, 2.45) is 0 Å². The first kappa shape index (κ1) is 24.8. The Hall–Kier alpha value is -3.48. The molecule has 11 heteroatoms. The lowest BCUT2D eigenvalue weighted by Crippen LogP contribution is -2.58. The highest BCUT2D eigenvalue weighted by atomic mass is 16.7. The van der Waals surface area contributed by atoms with Crippen molar-refractivity contribution < 1.29 is 34.3 Å². The summed E-state index contributed by atoms with van der Waals surface area (Å²) >= 11 is 0.